The van der Waals surface area contributed by atoms with E-state index in [1.54, 1.807) is 6.07 Å². The van der Waals surface area contributed by atoms with Crippen LogP contribution in [-0.2, 0) is 34.0 Å². The maximum Gasteiger partial charge on any atom is 0.418 e. The van der Waals surface area contributed by atoms with Crippen molar-refractivity contribution in [2.24, 2.45) is 0 Å². The Morgan fingerprint density at radius 1 is 0.854 bits per heavy atom. The molecule has 41 heavy (non-hydrogen) atoms. The third-order valence-electron chi connectivity index (χ3n) is 6.09. The van der Waals surface area contributed by atoms with E-state index in [2.05, 4.69) is 20.3 Å². The van der Waals surface area contributed by atoms with Crippen molar-refractivity contribution >= 4 is 32.2 Å². The highest BCUT2D eigenvalue weighted by Crippen LogP contribution is 2.37. The number of nitrogens with zero attached hydrogens (tertiary/aromatic N) is 3. The summed E-state index contributed by atoms with van der Waals surface area (Å²) in [5.74, 6) is 0.583. The molecule has 5 aromatic rings. The summed E-state index contributed by atoms with van der Waals surface area (Å²) >= 11 is 0. The number of aromatic nitrogens is 3. The van der Waals surface area contributed by atoms with E-state index in [0.717, 1.165) is 11.6 Å². The largest absolute Gasteiger partial charge is 0.418 e. The van der Waals surface area contributed by atoms with Crippen LogP contribution in [0.5, 0.6) is 0 Å². The second kappa shape index (κ2) is 11.6. The second-order valence-electron chi connectivity index (χ2n) is 8.97. The van der Waals surface area contributed by atoms with Crippen molar-refractivity contribution in [3.63, 3.8) is 0 Å². The lowest BCUT2D eigenvalue weighted by molar-refractivity contribution is -0.137. The number of ether oxygens (including phenoxy) is 1. The molecule has 7 nitrogen and oxygen atoms in total. The number of rotatable bonds is 9. The van der Waals surface area contributed by atoms with Gasteiger partial charge in [0.2, 0.25) is 9.84 Å². The van der Waals surface area contributed by atoms with Crippen molar-refractivity contribution < 1.29 is 30.7 Å². The number of hydrogen-bond acceptors (Lipinski definition) is 7. The van der Waals surface area contributed by atoms with Crippen LogP contribution in [0.25, 0.3) is 22.2 Å². The summed E-state index contributed by atoms with van der Waals surface area (Å²) in [6.07, 6.45) is -3.31. The Morgan fingerprint density at radius 3 is 2.32 bits per heavy atom. The molecule has 0 fully saturated rings. The third kappa shape index (κ3) is 6.50. The van der Waals surface area contributed by atoms with Gasteiger partial charge in [0.25, 0.3) is 0 Å². The first-order valence-electron chi connectivity index (χ1n) is 12.2. The van der Waals surface area contributed by atoms with Crippen molar-refractivity contribution in [2.75, 3.05) is 11.3 Å². The minimum Gasteiger partial charge on any atom is -0.369 e. The molecule has 0 bridgehead atoms. The zero-order valence-electron chi connectivity index (χ0n) is 21.3. The van der Waals surface area contributed by atoms with Crippen molar-refractivity contribution in [2.45, 2.75) is 24.3 Å². The van der Waals surface area contributed by atoms with Gasteiger partial charge in [-0.1, -0.05) is 36.4 Å². The lowest BCUT2D eigenvalue weighted by Gasteiger charge is -2.14. The molecule has 0 spiro atoms. The molecule has 1 N–H and O–H groups in total. The normalized spacial score (nSPS) is 12.0. The van der Waals surface area contributed by atoms with Crippen LogP contribution in [0.1, 0.15) is 17.0 Å². The van der Waals surface area contributed by atoms with E-state index in [0.29, 0.717) is 29.0 Å². The van der Waals surface area contributed by atoms with Crippen LogP contribution < -0.4 is 5.32 Å². The summed E-state index contributed by atoms with van der Waals surface area (Å²) in [5, 5.41) is 3.59. The summed E-state index contributed by atoms with van der Waals surface area (Å²) in [5.41, 5.74) is 0.836. The standard InChI is InChI=1S/C29H22F4N4O3S/c30-18-41(38,39)22-11-9-21(10-12-22)35-28-23-13-8-20(27-24(29(31,32)33)7-4-14-34-27)15-25(23)36-26(37-28)17-40-16-19-5-2-1-3-6-19/h1-15H,16-18H2,(H,35,36,37). The molecule has 0 radical (unpaired) electrons. The maximum atomic E-state index is 13.7. The number of alkyl halides is 4. The van der Waals surface area contributed by atoms with E-state index >= 15 is 0 Å². The van der Waals surface area contributed by atoms with Crippen LogP contribution in [-0.4, -0.2) is 29.4 Å². The van der Waals surface area contributed by atoms with Gasteiger partial charge in [-0.15, -0.1) is 0 Å². The fourth-order valence-electron chi connectivity index (χ4n) is 4.13. The quantitative estimate of drug-likeness (QED) is 0.190. The number of sulfone groups is 1. The van der Waals surface area contributed by atoms with Crippen LogP contribution in [0.2, 0.25) is 0 Å². The Morgan fingerprint density at radius 2 is 1.61 bits per heavy atom. The van der Waals surface area contributed by atoms with Gasteiger partial charge in [0.05, 0.1) is 28.3 Å². The lowest BCUT2D eigenvalue weighted by atomic mass is 10.0. The highest BCUT2D eigenvalue weighted by molar-refractivity contribution is 7.91. The van der Waals surface area contributed by atoms with Crippen molar-refractivity contribution in [3.05, 3.63) is 108 Å². The fraction of sp³-hybridized carbons (Fsp3) is 0.138. The molecule has 3 aromatic carbocycles. The minimum atomic E-state index is -4.60. The molecule has 0 atom stereocenters. The Hall–Kier alpha value is -4.42. The van der Waals surface area contributed by atoms with E-state index in [9.17, 15) is 26.0 Å². The highest BCUT2D eigenvalue weighted by Gasteiger charge is 2.34. The number of benzene rings is 3. The number of hydrogen-bond donors (Lipinski definition) is 1. The molecule has 0 saturated heterocycles. The van der Waals surface area contributed by atoms with Gasteiger partial charge in [0.1, 0.15) is 12.4 Å². The Balaban J connectivity index is 1.53. The zero-order valence-corrected chi connectivity index (χ0v) is 22.1. The summed E-state index contributed by atoms with van der Waals surface area (Å²) < 4.78 is 83.3. The van der Waals surface area contributed by atoms with Gasteiger partial charge < -0.3 is 10.1 Å². The molecule has 5 rings (SSSR count). The van der Waals surface area contributed by atoms with Crippen LogP contribution in [0, 0.1) is 0 Å². The molecule has 2 aromatic heterocycles. The first-order chi connectivity index (χ1) is 19.6. The Bertz CT molecular complexity index is 1780. The van der Waals surface area contributed by atoms with Crippen LogP contribution >= 0.6 is 0 Å². The van der Waals surface area contributed by atoms with Gasteiger partial charge in [-0.3, -0.25) is 4.98 Å². The van der Waals surface area contributed by atoms with Gasteiger partial charge >= 0.3 is 6.18 Å². The van der Waals surface area contributed by atoms with Gasteiger partial charge in [-0.2, -0.15) is 13.2 Å². The Labute approximate surface area is 232 Å². The number of nitrogens with one attached hydrogen (secondary N) is 1. The first-order valence-corrected chi connectivity index (χ1v) is 13.9. The van der Waals surface area contributed by atoms with Crippen LogP contribution in [0.3, 0.4) is 0 Å². The monoisotopic (exact) mass is 582 g/mol. The molecule has 0 aliphatic heterocycles. The summed E-state index contributed by atoms with van der Waals surface area (Å²) in [7, 11) is -4.03. The summed E-state index contributed by atoms with van der Waals surface area (Å²) in [6, 6.07) is 20.2. The third-order valence-corrected chi connectivity index (χ3v) is 7.37. The smallest absolute Gasteiger partial charge is 0.369 e. The molecule has 0 amide bonds. The first kappa shape index (κ1) is 28.1. The van der Waals surface area contributed by atoms with Gasteiger partial charge in [0, 0.05) is 22.8 Å². The second-order valence-corrected chi connectivity index (χ2v) is 10.9. The van der Waals surface area contributed by atoms with Gasteiger partial charge in [0.15, 0.2) is 11.8 Å². The van der Waals surface area contributed by atoms with E-state index < -0.39 is 27.6 Å². The average molecular weight is 583 g/mol. The number of halogens is 4. The number of pyridine rings is 1. The average Bonchev–Trinajstić information content (AvgIpc) is 2.97. The van der Waals surface area contributed by atoms with E-state index in [-0.39, 0.29) is 28.6 Å². The van der Waals surface area contributed by atoms with Crippen molar-refractivity contribution in [1.82, 2.24) is 15.0 Å². The molecule has 12 heteroatoms. The molecule has 0 saturated carbocycles. The van der Waals surface area contributed by atoms with Crippen LogP contribution in [0.4, 0.5) is 29.1 Å². The highest BCUT2D eigenvalue weighted by atomic mass is 32.2. The predicted molar refractivity (Wildman–Crippen MR) is 146 cm³/mol. The predicted octanol–water partition coefficient (Wildman–Crippen LogP) is 6.87. The SMILES string of the molecule is O=S(=O)(CF)c1ccc(Nc2nc(COCc3ccccc3)nc3cc(-c4ncccc4C(F)(F)F)ccc23)cc1. The van der Waals surface area contributed by atoms with Gasteiger partial charge in [-0.25, -0.2) is 22.8 Å². The summed E-state index contributed by atoms with van der Waals surface area (Å²) in [4.78, 5) is 12.9. The van der Waals surface area contributed by atoms with Crippen molar-refractivity contribution in [3.8, 4) is 11.3 Å². The van der Waals surface area contributed by atoms with Crippen molar-refractivity contribution in [1.29, 1.82) is 0 Å². The lowest BCUT2D eigenvalue weighted by Crippen LogP contribution is -2.08. The number of fused-ring (bicyclic) bond motifs is 1. The molecular weight excluding hydrogens is 560 g/mol. The van der Waals surface area contributed by atoms with Crippen LogP contribution in [0.15, 0.2) is 96.0 Å². The molecular formula is C29H22F4N4O3S. The molecule has 0 unspecified atom stereocenters. The molecule has 210 valence electrons. The number of anilines is 2. The van der Waals surface area contributed by atoms with Gasteiger partial charge in [-0.05, 0) is 54.1 Å². The Kier molecular flexibility index (Phi) is 7.95. The maximum absolute atomic E-state index is 13.7. The zero-order chi connectivity index (χ0) is 29.0. The van der Waals surface area contributed by atoms with E-state index in [1.165, 1.54) is 48.7 Å². The summed E-state index contributed by atoms with van der Waals surface area (Å²) in [6.45, 7) is 0.299. The minimum absolute atomic E-state index is 0.00874. The van der Waals surface area contributed by atoms with E-state index in [1.807, 2.05) is 30.3 Å². The van der Waals surface area contributed by atoms with E-state index in [4.69, 9.17) is 4.74 Å². The molecule has 0 aliphatic rings. The molecule has 2 heterocycles. The fourth-order valence-corrected chi connectivity index (χ4v) is 4.81. The topological polar surface area (TPSA) is 94.1 Å². The molecule has 0 aliphatic carbocycles.